The Balaban J connectivity index is 2.60. The van der Waals surface area contributed by atoms with Crippen LogP contribution in [0.15, 0.2) is 18.2 Å². The minimum absolute atomic E-state index is 0.0448. The molecule has 0 saturated heterocycles. The smallest absolute Gasteiger partial charge is 0.272 e. The first kappa shape index (κ1) is 15.4. The molecule has 0 heterocycles. The van der Waals surface area contributed by atoms with Crippen LogP contribution in [0.3, 0.4) is 0 Å². The molecule has 0 spiro atoms. The Bertz CT molecular complexity index is 557. The van der Waals surface area contributed by atoms with Crippen molar-refractivity contribution in [1.29, 1.82) is 0 Å². The van der Waals surface area contributed by atoms with E-state index >= 15 is 0 Å². The fraction of sp³-hybridized carbons (Fsp3) is 0.455. The van der Waals surface area contributed by atoms with Gasteiger partial charge in [0.25, 0.3) is 5.69 Å². The van der Waals surface area contributed by atoms with Crippen molar-refractivity contribution >= 4 is 21.4 Å². The van der Waals surface area contributed by atoms with Gasteiger partial charge in [0.15, 0.2) is 0 Å². The Hall–Kier alpha value is -1.67. The predicted octanol–water partition coefficient (Wildman–Crippen LogP) is 1.25. The Morgan fingerprint density at radius 3 is 2.58 bits per heavy atom. The second kappa shape index (κ2) is 6.48. The fourth-order valence-electron chi connectivity index (χ4n) is 1.59. The number of nitrogens with zero attached hydrogens (tertiary/aromatic N) is 1. The molecule has 0 unspecified atom stereocenters. The molecule has 0 saturated carbocycles. The van der Waals surface area contributed by atoms with Crippen molar-refractivity contribution in [1.82, 2.24) is 4.72 Å². The number of nitrogens with one attached hydrogen (secondary N) is 2. The van der Waals surface area contributed by atoms with Crippen molar-refractivity contribution in [3.8, 4) is 0 Å². The van der Waals surface area contributed by atoms with Crippen LogP contribution >= 0.6 is 0 Å². The number of rotatable bonds is 7. The molecule has 0 aliphatic heterocycles. The van der Waals surface area contributed by atoms with Crippen LogP contribution in [0.4, 0.5) is 11.4 Å². The van der Waals surface area contributed by atoms with E-state index in [4.69, 9.17) is 0 Å². The van der Waals surface area contributed by atoms with Gasteiger partial charge < -0.3 is 5.32 Å². The molecule has 2 N–H and O–H groups in total. The number of hydrogen-bond donors (Lipinski definition) is 2. The fourth-order valence-corrected chi connectivity index (χ4v) is 2.55. The Morgan fingerprint density at radius 2 is 2.05 bits per heavy atom. The Morgan fingerprint density at radius 1 is 1.37 bits per heavy atom. The Kier molecular flexibility index (Phi) is 5.25. The van der Waals surface area contributed by atoms with Crippen LogP contribution in [0.1, 0.15) is 12.5 Å². The van der Waals surface area contributed by atoms with E-state index in [9.17, 15) is 18.5 Å². The van der Waals surface area contributed by atoms with Gasteiger partial charge >= 0.3 is 0 Å². The van der Waals surface area contributed by atoms with Crippen molar-refractivity contribution in [3.05, 3.63) is 33.9 Å². The van der Waals surface area contributed by atoms with Crippen LogP contribution in [-0.2, 0) is 10.0 Å². The maximum Gasteiger partial charge on any atom is 0.272 e. The summed E-state index contributed by atoms with van der Waals surface area (Å²) in [7, 11) is -3.25. The first-order valence-electron chi connectivity index (χ1n) is 5.82. The number of nitro groups is 1. The van der Waals surface area contributed by atoms with Crippen molar-refractivity contribution in [2.75, 3.05) is 24.2 Å². The molecule has 7 nitrogen and oxygen atoms in total. The topological polar surface area (TPSA) is 101 Å². The van der Waals surface area contributed by atoms with Crippen LogP contribution in [0, 0.1) is 17.0 Å². The first-order valence-corrected chi connectivity index (χ1v) is 7.47. The summed E-state index contributed by atoms with van der Waals surface area (Å²) in [6.45, 7) is 3.95. The van der Waals surface area contributed by atoms with Gasteiger partial charge in [-0.05, 0) is 19.1 Å². The van der Waals surface area contributed by atoms with E-state index < -0.39 is 14.9 Å². The summed E-state index contributed by atoms with van der Waals surface area (Å²) >= 11 is 0. The van der Waals surface area contributed by atoms with Crippen LogP contribution < -0.4 is 10.0 Å². The highest BCUT2D eigenvalue weighted by Crippen LogP contribution is 2.21. The summed E-state index contributed by atoms with van der Waals surface area (Å²) in [6.07, 6.45) is 0. The minimum Gasteiger partial charge on any atom is -0.384 e. The summed E-state index contributed by atoms with van der Waals surface area (Å²) in [4.78, 5) is 10.2. The summed E-state index contributed by atoms with van der Waals surface area (Å²) in [5.41, 5.74) is 1.24. The predicted molar refractivity (Wildman–Crippen MR) is 73.8 cm³/mol. The molecule has 0 aliphatic rings. The van der Waals surface area contributed by atoms with Crippen molar-refractivity contribution in [2.24, 2.45) is 0 Å². The number of sulfonamides is 1. The van der Waals surface area contributed by atoms with Crippen LogP contribution in [-0.4, -0.2) is 32.2 Å². The van der Waals surface area contributed by atoms with Crippen LogP contribution in [0.5, 0.6) is 0 Å². The average Bonchev–Trinajstić information content (AvgIpc) is 2.28. The normalized spacial score (nSPS) is 11.3. The van der Waals surface area contributed by atoms with Gasteiger partial charge in [-0.15, -0.1) is 0 Å². The molecule has 0 aromatic heterocycles. The first-order chi connectivity index (χ1) is 8.85. The molecule has 8 heteroatoms. The lowest BCUT2D eigenvalue weighted by atomic mass is 10.2. The lowest BCUT2D eigenvalue weighted by molar-refractivity contribution is -0.385. The maximum absolute atomic E-state index is 11.4. The lowest BCUT2D eigenvalue weighted by Crippen LogP contribution is -2.29. The zero-order chi connectivity index (χ0) is 14.5. The van der Waals surface area contributed by atoms with E-state index in [2.05, 4.69) is 10.0 Å². The third kappa shape index (κ3) is 4.84. The quantitative estimate of drug-likeness (QED) is 0.580. The van der Waals surface area contributed by atoms with E-state index in [-0.39, 0.29) is 18.0 Å². The van der Waals surface area contributed by atoms with E-state index in [1.807, 2.05) is 0 Å². The zero-order valence-electron chi connectivity index (χ0n) is 10.8. The number of anilines is 1. The number of benzene rings is 1. The highest BCUT2D eigenvalue weighted by atomic mass is 32.2. The van der Waals surface area contributed by atoms with Gasteiger partial charge in [0.2, 0.25) is 10.0 Å². The molecular weight excluding hydrogens is 270 g/mol. The zero-order valence-corrected chi connectivity index (χ0v) is 11.7. The molecule has 1 rings (SSSR count). The van der Waals surface area contributed by atoms with E-state index in [0.29, 0.717) is 17.8 Å². The molecule has 0 bridgehead atoms. The standard InChI is InChI=1S/C11H17N3O4S/c1-3-13-19(17,18)7-6-12-10-4-5-11(14(15)16)9(2)8-10/h4-5,8,12-13H,3,6-7H2,1-2H3. The molecule has 0 atom stereocenters. The number of hydrogen-bond acceptors (Lipinski definition) is 5. The van der Waals surface area contributed by atoms with Gasteiger partial charge in [-0.25, -0.2) is 13.1 Å². The third-order valence-corrected chi connectivity index (χ3v) is 3.93. The van der Waals surface area contributed by atoms with Gasteiger partial charge in [-0.3, -0.25) is 10.1 Å². The monoisotopic (exact) mass is 287 g/mol. The molecule has 0 fully saturated rings. The summed E-state index contributed by atoms with van der Waals surface area (Å²) in [6, 6.07) is 4.58. The third-order valence-electron chi connectivity index (χ3n) is 2.46. The van der Waals surface area contributed by atoms with Crippen molar-refractivity contribution < 1.29 is 13.3 Å². The molecule has 106 valence electrons. The second-order valence-electron chi connectivity index (χ2n) is 4.00. The highest BCUT2D eigenvalue weighted by Gasteiger charge is 2.11. The summed E-state index contributed by atoms with van der Waals surface area (Å²) in [5, 5.41) is 13.6. The number of nitro benzene ring substituents is 1. The van der Waals surface area contributed by atoms with E-state index in [1.165, 1.54) is 6.07 Å². The van der Waals surface area contributed by atoms with Gasteiger partial charge in [-0.1, -0.05) is 6.92 Å². The molecule has 0 radical (unpaired) electrons. The maximum atomic E-state index is 11.4. The second-order valence-corrected chi connectivity index (χ2v) is 5.93. The number of aryl methyl sites for hydroxylation is 1. The van der Waals surface area contributed by atoms with Gasteiger partial charge in [0.05, 0.1) is 10.7 Å². The minimum atomic E-state index is -3.25. The average molecular weight is 287 g/mol. The lowest BCUT2D eigenvalue weighted by Gasteiger charge is -2.08. The molecular formula is C11H17N3O4S. The van der Waals surface area contributed by atoms with Crippen LogP contribution in [0.25, 0.3) is 0 Å². The van der Waals surface area contributed by atoms with Crippen LogP contribution in [0.2, 0.25) is 0 Å². The highest BCUT2D eigenvalue weighted by molar-refractivity contribution is 7.89. The summed E-state index contributed by atoms with van der Waals surface area (Å²) in [5.74, 6) is -0.0448. The molecule has 0 aliphatic carbocycles. The molecule has 1 aromatic rings. The molecule has 1 aromatic carbocycles. The van der Waals surface area contributed by atoms with Crippen molar-refractivity contribution in [2.45, 2.75) is 13.8 Å². The SMILES string of the molecule is CCNS(=O)(=O)CCNc1ccc([N+](=O)[O-])c(C)c1. The molecule has 19 heavy (non-hydrogen) atoms. The van der Waals surface area contributed by atoms with Crippen molar-refractivity contribution in [3.63, 3.8) is 0 Å². The van der Waals surface area contributed by atoms with Gasteiger partial charge in [0.1, 0.15) is 0 Å². The van der Waals surface area contributed by atoms with Gasteiger partial charge in [0, 0.05) is 30.4 Å². The largest absolute Gasteiger partial charge is 0.384 e. The van der Waals surface area contributed by atoms with E-state index in [0.717, 1.165) is 0 Å². The van der Waals surface area contributed by atoms with E-state index in [1.54, 1.807) is 26.0 Å². The Labute approximate surface area is 112 Å². The summed E-state index contributed by atoms with van der Waals surface area (Å²) < 4.78 is 25.2. The van der Waals surface area contributed by atoms with Gasteiger partial charge in [-0.2, -0.15) is 0 Å². The molecule has 0 amide bonds.